The Morgan fingerprint density at radius 1 is 1.50 bits per heavy atom. The van der Waals surface area contributed by atoms with Gasteiger partial charge in [0.1, 0.15) is 0 Å². The van der Waals surface area contributed by atoms with E-state index in [4.69, 9.17) is 0 Å². The van der Waals surface area contributed by atoms with E-state index in [1.807, 2.05) is 0 Å². The Labute approximate surface area is 76.5 Å². The number of nitrogens with zero attached hydrogens (tertiary/aromatic N) is 2. The van der Waals surface area contributed by atoms with Crippen LogP contribution in [0.15, 0.2) is 0 Å². The molecule has 0 saturated carbocycles. The van der Waals surface area contributed by atoms with E-state index in [9.17, 15) is 0 Å². The van der Waals surface area contributed by atoms with Crippen molar-refractivity contribution in [2.75, 3.05) is 13.6 Å². The summed E-state index contributed by atoms with van der Waals surface area (Å²) >= 11 is 0. The maximum atomic E-state index is 2.53. The Morgan fingerprint density at radius 3 is 2.67 bits per heavy atom. The molecule has 0 bridgehead atoms. The van der Waals surface area contributed by atoms with E-state index in [-0.39, 0.29) is 0 Å². The second-order valence-corrected chi connectivity index (χ2v) is 4.01. The molecule has 1 heterocycles. The van der Waals surface area contributed by atoms with Crippen LogP contribution < -0.4 is 0 Å². The van der Waals surface area contributed by atoms with Crippen molar-refractivity contribution in [3.63, 3.8) is 0 Å². The van der Waals surface area contributed by atoms with E-state index in [1.165, 1.54) is 25.8 Å². The summed E-state index contributed by atoms with van der Waals surface area (Å²) < 4.78 is 0. The minimum atomic E-state index is 0.699. The average molecular weight is 170 g/mol. The standard InChI is InChI=1S/C10H22N2/c1-5-9(2)12-10(3)7-6-8-11(12)4/h9-10H,5-8H2,1-4H3. The van der Waals surface area contributed by atoms with Gasteiger partial charge in [-0.05, 0) is 33.1 Å². The van der Waals surface area contributed by atoms with Gasteiger partial charge in [-0.1, -0.05) is 6.92 Å². The van der Waals surface area contributed by atoms with Gasteiger partial charge in [-0.25, -0.2) is 10.0 Å². The monoisotopic (exact) mass is 170 g/mol. The maximum Gasteiger partial charge on any atom is 0.0221 e. The molecule has 12 heavy (non-hydrogen) atoms. The Bertz CT molecular complexity index is 120. The third-order valence-electron chi connectivity index (χ3n) is 2.99. The van der Waals surface area contributed by atoms with Crippen LogP contribution in [0, 0.1) is 0 Å². The van der Waals surface area contributed by atoms with Crippen LogP contribution in [-0.2, 0) is 0 Å². The molecular weight excluding hydrogens is 148 g/mol. The summed E-state index contributed by atoms with van der Waals surface area (Å²) in [5, 5.41) is 4.92. The zero-order valence-corrected chi connectivity index (χ0v) is 8.88. The molecule has 1 aliphatic heterocycles. The van der Waals surface area contributed by atoms with Crippen LogP contribution in [0.5, 0.6) is 0 Å². The molecule has 0 N–H and O–H groups in total. The normalized spacial score (nSPS) is 30.5. The van der Waals surface area contributed by atoms with Crippen molar-refractivity contribution in [3.8, 4) is 0 Å². The van der Waals surface area contributed by atoms with Gasteiger partial charge in [0.05, 0.1) is 0 Å². The van der Waals surface area contributed by atoms with Crippen LogP contribution in [0.1, 0.15) is 40.0 Å². The molecule has 0 radical (unpaired) electrons. The van der Waals surface area contributed by atoms with Crippen LogP contribution in [0.25, 0.3) is 0 Å². The first-order chi connectivity index (χ1) is 5.66. The van der Waals surface area contributed by atoms with E-state index in [1.54, 1.807) is 0 Å². The summed E-state index contributed by atoms with van der Waals surface area (Å²) in [4.78, 5) is 0. The van der Waals surface area contributed by atoms with Gasteiger partial charge in [0.2, 0.25) is 0 Å². The predicted molar refractivity (Wildman–Crippen MR) is 52.9 cm³/mol. The molecule has 1 saturated heterocycles. The average Bonchev–Trinajstić information content (AvgIpc) is 2.03. The Morgan fingerprint density at radius 2 is 2.17 bits per heavy atom. The summed E-state index contributed by atoms with van der Waals surface area (Å²) in [5.74, 6) is 0. The van der Waals surface area contributed by atoms with Gasteiger partial charge >= 0.3 is 0 Å². The molecule has 0 amide bonds. The van der Waals surface area contributed by atoms with Crippen LogP contribution >= 0.6 is 0 Å². The van der Waals surface area contributed by atoms with Gasteiger partial charge in [-0.3, -0.25) is 0 Å². The van der Waals surface area contributed by atoms with Crippen molar-refractivity contribution in [3.05, 3.63) is 0 Å². The lowest BCUT2D eigenvalue weighted by Crippen LogP contribution is -2.53. The van der Waals surface area contributed by atoms with Gasteiger partial charge in [0.15, 0.2) is 0 Å². The zero-order chi connectivity index (χ0) is 9.14. The van der Waals surface area contributed by atoms with E-state index in [0.29, 0.717) is 6.04 Å². The van der Waals surface area contributed by atoms with Crippen LogP contribution in [-0.4, -0.2) is 35.7 Å². The van der Waals surface area contributed by atoms with Crippen LogP contribution in [0.3, 0.4) is 0 Å². The summed E-state index contributed by atoms with van der Waals surface area (Å²) in [7, 11) is 2.21. The van der Waals surface area contributed by atoms with Crippen molar-refractivity contribution in [1.29, 1.82) is 0 Å². The fraction of sp³-hybridized carbons (Fsp3) is 1.00. The zero-order valence-electron chi connectivity index (χ0n) is 8.88. The smallest absolute Gasteiger partial charge is 0.0221 e. The molecule has 0 aromatic rings. The van der Waals surface area contributed by atoms with E-state index >= 15 is 0 Å². The van der Waals surface area contributed by atoms with E-state index in [0.717, 1.165) is 6.04 Å². The van der Waals surface area contributed by atoms with Crippen LogP contribution in [0.4, 0.5) is 0 Å². The maximum absolute atomic E-state index is 2.53. The number of rotatable bonds is 2. The summed E-state index contributed by atoms with van der Waals surface area (Å²) in [5.41, 5.74) is 0. The molecule has 0 aromatic carbocycles. The first kappa shape index (κ1) is 10.0. The van der Waals surface area contributed by atoms with Crippen molar-refractivity contribution in [2.45, 2.75) is 52.1 Å². The highest BCUT2D eigenvalue weighted by Gasteiger charge is 2.26. The molecule has 2 heteroatoms. The topological polar surface area (TPSA) is 6.48 Å². The Kier molecular flexibility index (Phi) is 3.53. The van der Waals surface area contributed by atoms with Crippen molar-refractivity contribution >= 4 is 0 Å². The third-order valence-corrected chi connectivity index (χ3v) is 2.99. The molecule has 0 spiro atoms. The Hall–Kier alpha value is -0.0800. The quantitative estimate of drug-likeness (QED) is 0.626. The van der Waals surface area contributed by atoms with Gasteiger partial charge in [-0.15, -0.1) is 0 Å². The van der Waals surface area contributed by atoms with Crippen molar-refractivity contribution in [1.82, 2.24) is 10.0 Å². The van der Waals surface area contributed by atoms with Gasteiger partial charge in [0, 0.05) is 25.7 Å². The minimum absolute atomic E-state index is 0.699. The number of hydrogen-bond donors (Lipinski definition) is 0. The lowest BCUT2D eigenvalue weighted by atomic mass is 10.1. The molecule has 0 aliphatic carbocycles. The predicted octanol–water partition coefficient (Wildman–Crippen LogP) is 2.12. The highest BCUT2D eigenvalue weighted by Crippen LogP contribution is 2.20. The van der Waals surface area contributed by atoms with Crippen molar-refractivity contribution in [2.24, 2.45) is 0 Å². The second-order valence-electron chi connectivity index (χ2n) is 4.01. The lowest BCUT2D eigenvalue weighted by Gasteiger charge is -2.44. The SMILES string of the molecule is CCC(C)N1C(C)CCCN1C. The fourth-order valence-electron chi connectivity index (χ4n) is 2.16. The highest BCUT2D eigenvalue weighted by molar-refractivity contribution is 4.74. The highest BCUT2D eigenvalue weighted by atomic mass is 15.6. The molecule has 0 aromatic heterocycles. The molecule has 1 fully saturated rings. The van der Waals surface area contributed by atoms with Gasteiger partial charge in [0.25, 0.3) is 0 Å². The van der Waals surface area contributed by atoms with Crippen molar-refractivity contribution < 1.29 is 0 Å². The minimum Gasteiger partial charge on any atom is -0.244 e. The Balaban J connectivity index is 2.56. The molecule has 1 rings (SSSR count). The fourth-order valence-corrected chi connectivity index (χ4v) is 2.16. The summed E-state index contributed by atoms with van der Waals surface area (Å²) in [6.07, 6.45) is 3.95. The number of hydrogen-bond acceptors (Lipinski definition) is 2. The molecule has 2 nitrogen and oxygen atoms in total. The van der Waals surface area contributed by atoms with Gasteiger partial charge in [-0.2, -0.15) is 0 Å². The summed E-state index contributed by atoms with van der Waals surface area (Å²) in [6.45, 7) is 8.15. The third kappa shape index (κ3) is 1.99. The molecule has 1 aliphatic rings. The molecular formula is C10H22N2. The lowest BCUT2D eigenvalue weighted by molar-refractivity contribution is -0.0933. The molecule has 2 unspecified atom stereocenters. The molecule has 2 atom stereocenters. The summed E-state index contributed by atoms with van der Waals surface area (Å²) in [6, 6.07) is 1.43. The van der Waals surface area contributed by atoms with Crippen LogP contribution in [0.2, 0.25) is 0 Å². The largest absolute Gasteiger partial charge is 0.244 e. The van der Waals surface area contributed by atoms with E-state index in [2.05, 4.69) is 37.8 Å². The first-order valence-electron chi connectivity index (χ1n) is 5.16. The number of hydrazine groups is 1. The first-order valence-corrected chi connectivity index (χ1v) is 5.16. The van der Waals surface area contributed by atoms with E-state index < -0.39 is 0 Å². The van der Waals surface area contributed by atoms with Gasteiger partial charge < -0.3 is 0 Å². The second kappa shape index (κ2) is 4.24. The molecule has 72 valence electrons.